The fraction of sp³-hybridized carbons (Fsp3) is 0.412. The van der Waals surface area contributed by atoms with E-state index in [0.29, 0.717) is 5.69 Å². The van der Waals surface area contributed by atoms with Gasteiger partial charge in [0.05, 0.1) is 25.9 Å². The number of halogens is 1. The first-order chi connectivity index (χ1) is 13.9. The summed E-state index contributed by atoms with van der Waals surface area (Å²) in [6, 6.07) is 0. The number of amides is 1. The number of carbonyl (C=O) groups excluding carboxylic acids is 1. The highest BCUT2D eigenvalue weighted by Gasteiger charge is 2.45. The number of nitrogens with zero attached hydrogens (tertiary/aromatic N) is 2. The molecule has 4 atom stereocenters. The molecule has 3 rings (SSSR count). The molecule has 0 bridgehead atoms. The molecule has 1 aliphatic heterocycles. The molecule has 1 fully saturated rings. The van der Waals surface area contributed by atoms with Gasteiger partial charge in [-0.25, -0.2) is 14.2 Å². The summed E-state index contributed by atoms with van der Waals surface area (Å²) in [5.74, 6) is 4.74. The predicted octanol–water partition coefficient (Wildman–Crippen LogP) is -2.44. The van der Waals surface area contributed by atoms with E-state index in [-0.39, 0.29) is 24.4 Å². The summed E-state index contributed by atoms with van der Waals surface area (Å²) in [4.78, 5) is 44.2. The minimum absolute atomic E-state index is 0.0670. The van der Waals surface area contributed by atoms with Gasteiger partial charge >= 0.3 is 5.69 Å². The Kier molecular flexibility index (Phi) is 6.23. The number of nitrogens with one attached hydrogen (secondary N) is 3. The molecule has 0 saturated carbocycles. The van der Waals surface area contributed by atoms with Crippen LogP contribution in [0.25, 0.3) is 0 Å². The Morgan fingerprint density at radius 3 is 2.90 bits per heavy atom. The molecule has 11 nitrogen and oxygen atoms in total. The number of rotatable bonds is 5. The molecule has 0 radical (unpaired) electrons. The van der Waals surface area contributed by atoms with Crippen LogP contribution in [0.3, 0.4) is 0 Å². The van der Waals surface area contributed by atoms with Gasteiger partial charge in [-0.2, -0.15) is 0 Å². The third-order valence-corrected chi connectivity index (χ3v) is 4.22. The zero-order valence-corrected chi connectivity index (χ0v) is 15.0. The number of ether oxygens (including phenoxy) is 1. The second kappa shape index (κ2) is 8.82. The Balaban J connectivity index is 1.70. The zero-order chi connectivity index (χ0) is 21.0. The summed E-state index contributed by atoms with van der Waals surface area (Å²) in [5, 5.41) is 21.3. The van der Waals surface area contributed by atoms with Crippen molar-refractivity contribution in [2.24, 2.45) is 0 Å². The average molecular weight is 407 g/mol. The first-order valence-electron chi connectivity index (χ1n) is 8.57. The van der Waals surface area contributed by atoms with E-state index in [1.807, 2.05) is 4.98 Å². The molecule has 1 amide bonds. The van der Waals surface area contributed by atoms with Crippen molar-refractivity contribution < 1.29 is 24.1 Å². The lowest BCUT2D eigenvalue weighted by atomic mass is 10.1. The number of hydrogen-bond acceptors (Lipinski definition) is 7. The van der Waals surface area contributed by atoms with Crippen molar-refractivity contribution in [2.45, 2.75) is 31.0 Å². The summed E-state index contributed by atoms with van der Waals surface area (Å²) < 4.78 is 20.2. The molecular formula is C17H18FN5O6. The lowest BCUT2D eigenvalue weighted by Crippen LogP contribution is -2.37. The number of aliphatic hydroxyl groups excluding tert-OH is 2. The highest BCUT2D eigenvalue weighted by molar-refractivity contribution is 5.78. The topological polar surface area (TPSA) is 162 Å². The maximum Gasteiger partial charge on any atom is 0.330 e. The normalized spacial score (nSPS) is 23.4. The molecule has 1 aliphatic rings. The van der Waals surface area contributed by atoms with Gasteiger partial charge in [0.25, 0.3) is 5.56 Å². The molecule has 29 heavy (non-hydrogen) atoms. The zero-order valence-electron chi connectivity index (χ0n) is 15.0. The Morgan fingerprint density at radius 1 is 1.45 bits per heavy atom. The number of aromatic amines is 2. The van der Waals surface area contributed by atoms with Gasteiger partial charge in [0.2, 0.25) is 5.91 Å². The van der Waals surface area contributed by atoms with E-state index in [1.165, 1.54) is 12.5 Å². The maximum atomic E-state index is 14.2. The van der Waals surface area contributed by atoms with Crippen molar-refractivity contribution in [3.63, 3.8) is 0 Å². The number of H-pyrrole nitrogens is 2. The SMILES string of the molecule is O=C(Cc1cnc[nH]1)NCC#Cc1cn([C@@H]2O[C@H](CO)[C@@H](O)[C@H]2F)c(=O)[nH]c1=O. The molecule has 0 spiro atoms. The summed E-state index contributed by atoms with van der Waals surface area (Å²) in [6.07, 6.45) is -2.30. The lowest BCUT2D eigenvalue weighted by Gasteiger charge is -2.15. The van der Waals surface area contributed by atoms with Crippen molar-refractivity contribution >= 4 is 5.91 Å². The maximum absolute atomic E-state index is 14.2. The quantitative estimate of drug-likeness (QED) is 0.344. The molecular weight excluding hydrogens is 389 g/mol. The van der Waals surface area contributed by atoms with E-state index in [4.69, 9.17) is 9.84 Å². The third kappa shape index (κ3) is 4.60. The summed E-state index contributed by atoms with van der Waals surface area (Å²) >= 11 is 0. The van der Waals surface area contributed by atoms with Gasteiger partial charge in [-0.3, -0.25) is 19.1 Å². The van der Waals surface area contributed by atoms with Crippen LogP contribution in [-0.4, -0.2) is 67.2 Å². The minimum atomic E-state index is -1.99. The Labute approximate surface area is 162 Å². The van der Waals surface area contributed by atoms with E-state index in [0.717, 1.165) is 10.8 Å². The molecule has 2 aromatic rings. The highest BCUT2D eigenvalue weighted by Crippen LogP contribution is 2.30. The largest absolute Gasteiger partial charge is 0.394 e. The van der Waals surface area contributed by atoms with Crippen LogP contribution in [0, 0.1) is 11.8 Å². The van der Waals surface area contributed by atoms with Gasteiger partial charge in [-0.1, -0.05) is 11.8 Å². The number of carbonyl (C=O) groups is 1. The fourth-order valence-electron chi connectivity index (χ4n) is 2.74. The van der Waals surface area contributed by atoms with Crippen LogP contribution in [0.4, 0.5) is 4.39 Å². The smallest absolute Gasteiger partial charge is 0.330 e. The van der Waals surface area contributed by atoms with Crippen LogP contribution in [0.15, 0.2) is 28.3 Å². The Bertz CT molecular complexity index is 1040. The van der Waals surface area contributed by atoms with E-state index < -0.39 is 42.5 Å². The number of alkyl halides is 1. The van der Waals surface area contributed by atoms with Crippen molar-refractivity contribution in [1.82, 2.24) is 24.8 Å². The summed E-state index contributed by atoms with van der Waals surface area (Å²) in [5.41, 5.74) is -1.29. The standard InChI is InChI=1S/C17H18FN5O6/c18-13-14(26)11(7-24)29-16(13)23-6-9(15(27)22-17(23)28)2-1-3-20-12(25)4-10-5-19-8-21-10/h5-6,8,11,13-14,16,24,26H,3-4,7H2,(H,19,21)(H,20,25)(H,22,27,28)/t11-,13-,14-,16-/m1/s1. The lowest BCUT2D eigenvalue weighted by molar-refractivity contribution is -0.120. The summed E-state index contributed by atoms with van der Waals surface area (Å²) in [7, 11) is 0. The monoisotopic (exact) mass is 407 g/mol. The van der Waals surface area contributed by atoms with E-state index in [2.05, 4.69) is 27.1 Å². The molecule has 0 aromatic carbocycles. The van der Waals surface area contributed by atoms with Gasteiger partial charge in [-0.05, 0) is 0 Å². The van der Waals surface area contributed by atoms with Crippen molar-refractivity contribution in [3.8, 4) is 11.8 Å². The van der Waals surface area contributed by atoms with Crippen LogP contribution in [0.5, 0.6) is 0 Å². The van der Waals surface area contributed by atoms with Gasteiger partial charge in [0.15, 0.2) is 12.4 Å². The van der Waals surface area contributed by atoms with Crippen LogP contribution in [0.1, 0.15) is 17.5 Å². The van der Waals surface area contributed by atoms with E-state index in [1.54, 1.807) is 0 Å². The second-order valence-corrected chi connectivity index (χ2v) is 6.22. The molecule has 3 heterocycles. The number of imidazole rings is 1. The molecule has 0 unspecified atom stereocenters. The fourth-order valence-corrected chi connectivity index (χ4v) is 2.74. The predicted molar refractivity (Wildman–Crippen MR) is 95.4 cm³/mol. The molecule has 154 valence electrons. The van der Waals surface area contributed by atoms with Crippen LogP contribution in [-0.2, 0) is 16.0 Å². The molecule has 12 heteroatoms. The van der Waals surface area contributed by atoms with Gasteiger partial charge in [-0.15, -0.1) is 0 Å². The number of aromatic nitrogens is 4. The Morgan fingerprint density at radius 2 is 2.24 bits per heavy atom. The first kappa shape index (κ1) is 20.5. The highest BCUT2D eigenvalue weighted by atomic mass is 19.1. The number of aliphatic hydroxyl groups is 2. The average Bonchev–Trinajstić information content (AvgIpc) is 3.29. The second-order valence-electron chi connectivity index (χ2n) is 6.22. The molecule has 0 aliphatic carbocycles. The first-order valence-corrected chi connectivity index (χ1v) is 8.57. The van der Waals surface area contributed by atoms with Gasteiger partial charge in [0.1, 0.15) is 17.8 Å². The van der Waals surface area contributed by atoms with Crippen molar-refractivity contribution in [2.75, 3.05) is 13.2 Å². The van der Waals surface area contributed by atoms with Gasteiger partial charge < -0.3 is 25.3 Å². The molecule has 2 aromatic heterocycles. The Hall–Kier alpha value is -3.27. The number of hydrogen-bond donors (Lipinski definition) is 5. The molecule has 5 N–H and O–H groups in total. The minimum Gasteiger partial charge on any atom is -0.394 e. The van der Waals surface area contributed by atoms with Crippen molar-refractivity contribution in [3.05, 3.63) is 50.8 Å². The third-order valence-electron chi connectivity index (χ3n) is 4.22. The van der Waals surface area contributed by atoms with Crippen LogP contribution in [0.2, 0.25) is 0 Å². The van der Waals surface area contributed by atoms with E-state index >= 15 is 0 Å². The van der Waals surface area contributed by atoms with E-state index in [9.17, 15) is 23.9 Å². The van der Waals surface area contributed by atoms with Crippen LogP contribution >= 0.6 is 0 Å². The molecule has 1 saturated heterocycles. The van der Waals surface area contributed by atoms with Crippen molar-refractivity contribution in [1.29, 1.82) is 0 Å². The summed E-state index contributed by atoms with van der Waals surface area (Å²) in [6.45, 7) is -0.705. The van der Waals surface area contributed by atoms with Gasteiger partial charge in [0, 0.05) is 18.1 Å². The van der Waals surface area contributed by atoms with Crippen LogP contribution < -0.4 is 16.6 Å².